The number of hydrogen-bond donors (Lipinski definition) is 1. The van der Waals surface area contributed by atoms with E-state index in [2.05, 4.69) is 64.3 Å². The van der Waals surface area contributed by atoms with Gasteiger partial charge in [0, 0.05) is 27.9 Å². The minimum atomic E-state index is 0.787. The van der Waals surface area contributed by atoms with Crippen LogP contribution in [0.4, 0.5) is 0 Å². The van der Waals surface area contributed by atoms with Gasteiger partial charge in [-0.25, -0.2) is 0 Å². The highest BCUT2D eigenvalue weighted by atomic mass is 79.9. The molecule has 2 aromatic rings. The standard InChI is InChI=1S/C11H12BrNS/c1-2-13-9(7-14)6-8-4-3-5-10(12)11(8)13/h3-6,14H,2,7H2,1H3. The van der Waals surface area contributed by atoms with E-state index in [0.29, 0.717) is 0 Å². The van der Waals surface area contributed by atoms with Crippen LogP contribution in [0.15, 0.2) is 28.7 Å². The Morgan fingerprint density at radius 1 is 1.43 bits per heavy atom. The highest BCUT2D eigenvalue weighted by Gasteiger charge is 2.08. The Kier molecular flexibility index (Phi) is 2.88. The number of hydrogen-bond acceptors (Lipinski definition) is 1. The predicted octanol–water partition coefficient (Wildman–Crippen LogP) is 3.85. The van der Waals surface area contributed by atoms with Gasteiger partial charge in [-0.05, 0) is 35.0 Å². The summed E-state index contributed by atoms with van der Waals surface area (Å²) in [4.78, 5) is 0. The van der Waals surface area contributed by atoms with Crippen molar-refractivity contribution in [3.63, 3.8) is 0 Å². The van der Waals surface area contributed by atoms with Gasteiger partial charge in [0.2, 0.25) is 0 Å². The maximum atomic E-state index is 4.34. The summed E-state index contributed by atoms with van der Waals surface area (Å²) in [6.07, 6.45) is 0. The number of thiol groups is 1. The molecular formula is C11H12BrNS. The average molecular weight is 270 g/mol. The van der Waals surface area contributed by atoms with Crippen molar-refractivity contribution in [1.29, 1.82) is 0 Å². The molecule has 2 rings (SSSR count). The molecule has 0 aliphatic rings. The second-order valence-electron chi connectivity index (χ2n) is 3.22. The fourth-order valence-electron chi connectivity index (χ4n) is 1.83. The molecule has 0 amide bonds. The first-order chi connectivity index (χ1) is 6.77. The number of aromatic nitrogens is 1. The lowest BCUT2D eigenvalue weighted by Crippen LogP contribution is -1.98. The van der Waals surface area contributed by atoms with Gasteiger partial charge in [0.1, 0.15) is 0 Å². The SMILES string of the molecule is CCn1c(CS)cc2cccc(Br)c21. The Morgan fingerprint density at radius 3 is 2.86 bits per heavy atom. The van der Waals surface area contributed by atoms with Crippen LogP contribution in [-0.4, -0.2) is 4.57 Å². The first kappa shape index (κ1) is 10.1. The lowest BCUT2D eigenvalue weighted by molar-refractivity contribution is 0.765. The zero-order valence-corrected chi connectivity index (χ0v) is 10.5. The first-order valence-electron chi connectivity index (χ1n) is 4.65. The minimum Gasteiger partial charge on any atom is -0.343 e. The number of benzene rings is 1. The fourth-order valence-corrected chi connectivity index (χ4v) is 2.68. The molecule has 14 heavy (non-hydrogen) atoms. The van der Waals surface area contributed by atoms with Crippen molar-refractivity contribution >= 4 is 39.5 Å². The molecule has 1 aromatic heterocycles. The fraction of sp³-hybridized carbons (Fsp3) is 0.273. The van der Waals surface area contributed by atoms with E-state index in [4.69, 9.17) is 0 Å². The Morgan fingerprint density at radius 2 is 2.21 bits per heavy atom. The lowest BCUT2D eigenvalue weighted by Gasteiger charge is -2.06. The average Bonchev–Trinajstić information content (AvgIpc) is 2.56. The van der Waals surface area contributed by atoms with Crippen molar-refractivity contribution in [2.24, 2.45) is 0 Å². The molecule has 1 heterocycles. The van der Waals surface area contributed by atoms with Gasteiger partial charge in [0.05, 0.1) is 5.52 Å². The Bertz CT molecular complexity index is 462. The quantitative estimate of drug-likeness (QED) is 0.791. The van der Waals surface area contributed by atoms with Crippen LogP contribution in [0.25, 0.3) is 10.9 Å². The summed E-state index contributed by atoms with van der Waals surface area (Å²) in [7, 11) is 0. The summed E-state index contributed by atoms with van der Waals surface area (Å²) in [6.45, 7) is 3.15. The second kappa shape index (κ2) is 3.99. The Balaban J connectivity index is 2.81. The molecular weight excluding hydrogens is 258 g/mol. The Labute approximate surface area is 97.6 Å². The molecule has 0 aliphatic carbocycles. The number of nitrogens with zero attached hydrogens (tertiary/aromatic N) is 1. The molecule has 0 saturated heterocycles. The number of aryl methyl sites for hydroxylation is 1. The van der Waals surface area contributed by atoms with E-state index in [1.165, 1.54) is 16.6 Å². The summed E-state index contributed by atoms with van der Waals surface area (Å²) in [5, 5.41) is 1.28. The van der Waals surface area contributed by atoms with E-state index in [0.717, 1.165) is 16.8 Å². The summed E-state index contributed by atoms with van der Waals surface area (Å²) >= 11 is 7.93. The van der Waals surface area contributed by atoms with E-state index >= 15 is 0 Å². The molecule has 0 spiro atoms. The molecule has 0 radical (unpaired) electrons. The van der Waals surface area contributed by atoms with Crippen LogP contribution in [-0.2, 0) is 12.3 Å². The number of fused-ring (bicyclic) bond motifs is 1. The van der Waals surface area contributed by atoms with Crippen LogP contribution in [0.1, 0.15) is 12.6 Å². The highest BCUT2D eigenvalue weighted by molar-refractivity contribution is 9.10. The van der Waals surface area contributed by atoms with Crippen molar-refractivity contribution in [2.45, 2.75) is 19.2 Å². The second-order valence-corrected chi connectivity index (χ2v) is 4.39. The molecule has 0 atom stereocenters. The maximum Gasteiger partial charge on any atom is 0.0627 e. The van der Waals surface area contributed by atoms with Crippen LogP contribution in [0.2, 0.25) is 0 Å². The molecule has 0 unspecified atom stereocenters. The smallest absolute Gasteiger partial charge is 0.0627 e. The van der Waals surface area contributed by atoms with Crippen LogP contribution in [0, 0.1) is 0 Å². The number of rotatable bonds is 2. The van der Waals surface area contributed by atoms with Gasteiger partial charge < -0.3 is 4.57 Å². The van der Waals surface area contributed by atoms with E-state index in [1.807, 2.05) is 0 Å². The normalized spacial score (nSPS) is 11.1. The van der Waals surface area contributed by atoms with Gasteiger partial charge in [-0.2, -0.15) is 12.6 Å². The van der Waals surface area contributed by atoms with Gasteiger partial charge in [0.15, 0.2) is 0 Å². The van der Waals surface area contributed by atoms with Gasteiger partial charge >= 0.3 is 0 Å². The monoisotopic (exact) mass is 269 g/mol. The summed E-state index contributed by atoms with van der Waals surface area (Å²) in [5.41, 5.74) is 2.55. The molecule has 0 bridgehead atoms. The molecule has 74 valence electrons. The molecule has 1 nitrogen and oxygen atoms in total. The predicted molar refractivity (Wildman–Crippen MR) is 68.0 cm³/mol. The van der Waals surface area contributed by atoms with E-state index < -0.39 is 0 Å². The molecule has 3 heteroatoms. The zero-order chi connectivity index (χ0) is 10.1. The zero-order valence-electron chi connectivity index (χ0n) is 8.00. The van der Waals surface area contributed by atoms with Gasteiger partial charge in [-0.15, -0.1) is 0 Å². The van der Waals surface area contributed by atoms with Crippen molar-refractivity contribution in [2.75, 3.05) is 0 Å². The lowest BCUT2D eigenvalue weighted by atomic mass is 10.2. The van der Waals surface area contributed by atoms with E-state index in [1.54, 1.807) is 0 Å². The summed E-state index contributed by atoms with van der Waals surface area (Å²) in [5.74, 6) is 0.787. The van der Waals surface area contributed by atoms with Crippen molar-refractivity contribution in [1.82, 2.24) is 4.57 Å². The van der Waals surface area contributed by atoms with Crippen molar-refractivity contribution in [3.8, 4) is 0 Å². The summed E-state index contributed by atoms with van der Waals surface area (Å²) in [6, 6.07) is 8.49. The van der Waals surface area contributed by atoms with Gasteiger partial charge in [-0.3, -0.25) is 0 Å². The van der Waals surface area contributed by atoms with E-state index in [-0.39, 0.29) is 0 Å². The number of halogens is 1. The maximum absolute atomic E-state index is 4.34. The topological polar surface area (TPSA) is 4.93 Å². The van der Waals surface area contributed by atoms with Crippen LogP contribution < -0.4 is 0 Å². The number of para-hydroxylation sites is 1. The third kappa shape index (κ3) is 1.48. The minimum absolute atomic E-state index is 0.787. The summed E-state index contributed by atoms with van der Waals surface area (Å²) < 4.78 is 3.46. The van der Waals surface area contributed by atoms with Crippen molar-refractivity contribution < 1.29 is 0 Å². The largest absolute Gasteiger partial charge is 0.343 e. The molecule has 0 fully saturated rings. The van der Waals surface area contributed by atoms with Crippen LogP contribution in [0.3, 0.4) is 0 Å². The van der Waals surface area contributed by atoms with E-state index in [9.17, 15) is 0 Å². The first-order valence-corrected chi connectivity index (χ1v) is 6.08. The third-order valence-corrected chi connectivity index (χ3v) is 3.40. The van der Waals surface area contributed by atoms with Crippen molar-refractivity contribution in [3.05, 3.63) is 34.4 Å². The third-order valence-electron chi connectivity index (χ3n) is 2.43. The van der Waals surface area contributed by atoms with Gasteiger partial charge in [-0.1, -0.05) is 12.1 Å². The highest BCUT2D eigenvalue weighted by Crippen LogP contribution is 2.27. The molecule has 0 aliphatic heterocycles. The molecule has 1 aromatic carbocycles. The van der Waals surface area contributed by atoms with Gasteiger partial charge in [0.25, 0.3) is 0 Å². The molecule has 0 saturated carbocycles. The molecule has 0 N–H and O–H groups in total. The van der Waals surface area contributed by atoms with Crippen LogP contribution in [0.5, 0.6) is 0 Å². The van der Waals surface area contributed by atoms with Crippen LogP contribution >= 0.6 is 28.6 Å². The Hall–Kier alpha value is -0.410.